The van der Waals surface area contributed by atoms with Crippen LogP contribution in [-0.4, -0.2) is 18.1 Å². The van der Waals surface area contributed by atoms with Crippen LogP contribution in [-0.2, 0) is 14.7 Å². The molecule has 11 heavy (non-hydrogen) atoms. The summed E-state index contributed by atoms with van der Waals surface area (Å²) in [5, 5.41) is 7.43. The van der Waals surface area contributed by atoms with Gasteiger partial charge >= 0.3 is 15.5 Å². The van der Waals surface area contributed by atoms with Crippen molar-refractivity contribution in [1.29, 1.82) is 0 Å². The summed E-state index contributed by atoms with van der Waals surface area (Å²) in [6.45, 7) is 0. The highest BCUT2D eigenvalue weighted by molar-refractivity contribution is 7.80. The van der Waals surface area contributed by atoms with Crippen molar-refractivity contribution in [3.05, 3.63) is 10.1 Å². The molecule has 11 heteroatoms. The summed E-state index contributed by atoms with van der Waals surface area (Å²) in [5.41, 5.74) is 0. The molecule has 0 aromatic rings. The molecule has 0 aliphatic rings. The van der Waals surface area contributed by atoms with Gasteiger partial charge in [-0.25, -0.2) is 0 Å². The van der Waals surface area contributed by atoms with Crippen molar-refractivity contribution >= 4 is 10.4 Å². The second kappa shape index (κ2) is 7.04. The van der Waals surface area contributed by atoms with E-state index in [1.807, 2.05) is 0 Å². The van der Waals surface area contributed by atoms with Crippen LogP contribution < -0.4 is 6.15 Å². The smallest absolute Gasteiger partial charge is 0.344 e. The van der Waals surface area contributed by atoms with Gasteiger partial charge < -0.3 is 6.15 Å². The highest BCUT2D eigenvalue weighted by Crippen LogP contribution is 1.82. The molecule has 0 aliphatic carbocycles. The molecule has 72 valence electrons. The first-order valence-electron chi connectivity index (χ1n) is 1.23. The van der Waals surface area contributed by atoms with E-state index >= 15 is 0 Å². The van der Waals surface area contributed by atoms with Gasteiger partial charge in [0.05, 0.1) is 0 Å². The third-order valence-corrected chi connectivity index (χ3v) is 0.465. The van der Waals surface area contributed by atoms with Crippen molar-refractivity contribution in [2.45, 2.75) is 0 Å². The molecule has 0 atom stereocenters. The predicted octanol–water partition coefficient (Wildman–Crippen LogP) is -0.536. The fraction of sp³-hybridized carbons (Fsp3) is 0. The molecule has 0 rings (SSSR count). The molecular weight excluding hydrogens is 194 g/mol. The van der Waals surface area contributed by atoms with Crippen LogP contribution in [0.3, 0.4) is 0 Å². The van der Waals surface area contributed by atoms with Crippen molar-refractivity contribution in [2.75, 3.05) is 0 Å². The van der Waals surface area contributed by atoms with E-state index in [1.165, 1.54) is 0 Å². The van der Waals surface area contributed by atoms with Gasteiger partial charge in [-0.2, -0.15) is 12.7 Å². The predicted molar refractivity (Wildman–Crippen MR) is 29.7 cm³/mol. The van der Waals surface area contributed by atoms with Crippen LogP contribution in [0.25, 0.3) is 0 Å². The molecule has 0 heterocycles. The maximum absolute atomic E-state index is 9.33. The summed E-state index contributed by atoms with van der Waals surface area (Å²) in [6, 6.07) is 0. The fourth-order valence-corrected chi connectivity index (χ4v) is 0.231. The molecule has 0 saturated carbocycles. The lowest BCUT2D eigenvalue weighted by molar-refractivity contribution is -0.713. The summed E-state index contributed by atoms with van der Waals surface area (Å²) in [5.74, 6) is 0. The average Bonchev–Trinajstić information content (AvgIpc) is 1.21. The Balaban J connectivity index is -0.0000000817. The molecule has 0 aliphatic heterocycles. The molecular formula is H6F2N2O6S. The van der Waals surface area contributed by atoms with Gasteiger partial charge in [0.25, 0.3) is 0 Å². The molecule has 8 nitrogen and oxygen atoms in total. The second-order valence-electron chi connectivity index (χ2n) is 0.726. The minimum atomic E-state index is -4.92. The third kappa shape index (κ3) is 27.8. The van der Waals surface area contributed by atoms with Crippen LogP contribution in [0.4, 0.5) is 9.41 Å². The summed E-state index contributed by atoms with van der Waals surface area (Å²) in [6.07, 6.45) is 0. The van der Waals surface area contributed by atoms with Crippen LogP contribution in [0, 0.1) is 10.1 Å². The normalized spacial score (nSPS) is 7.73. The number of halogens is 2. The lowest BCUT2D eigenvalue weighted by Gasteiger charge is -1.86. The van der Waals surface area contributed by atoms with Gasteiger partial charge in [0.2, 0.25) is 0 Å². The van der Waals surface area contributed by atoms with Crippen LogP contribution >= 0.6 is 0 Å². The Morgan fingerprint density at radius 1 is 1.36 bits per heavy atom. The van der Waals surface area contributed by atoms with Gasteiger partial charge in [-0.05, 0) is 0 Å². The van der Waals surface area contributed by atoms with Gasteiger partial charge in [-0.15, -0.1) is 10.1 Å². The molecule has 0 aromatic carbocycles. The number of nitrogens with zero attached hydrogens (tertiary/aromatic N) is 1. The monoisotopic (exact) mass is 200 g/mol. The lowest BCUT2D eigenvalue weighted by Crippen LogP contribution is -2.08. The SMILES string of the molecule is F.F.N.O=[N+]([O-])OS(=O)(=O)O. The summed E-state index contributed by atoms with van der Waals surface area (Å²) in [4.78, 5) is 9.06. The largest absolute Gasteiger partial charge is 0.429 e. The zero-order valence-electron chi connectivity index (χ0n) is 4.87. The first kappa shape index (κ1) is 22.5. The average molecular weight is 200 g/mol. The van der Waals surface area contributed by atoms with E-state index in [2.05, 4.69) is 4.28 Å². The Morgan fingerprint density at radius 2 is 1.64 bits per heavy atom. The second-order valence-corrected chi connectivity index (χ2v) is 1.73. The lowest BCUT2D eigenvalue weighted by atomic mass is 13.1. The van der Waals surface area contributed by atoms with Crippen molar-refractivity contribution in [1.82, 2.24) is 6.15 Å². The maximum atomic E-state index is 9.33. The topological polar surface area (TPSA) is 142 Å². The Kier molecular flexibility index (Phi) is 14.4. The van der Waals surface area contributed by atoms with Gasteiger partial charge in [0.15, 0.2) is 0 Å². The molecule has 0 unspecified atom stereocenters. The van der Waals surface area contributed by atoms with E-state index in [4.69, 9.17) is 14.7 Å². The van der Waals surface area contributed by atoms with Crippen LogP contribution in [0.15, 0.2) is 0 Å². The van der Waals surface area contributed by atoms with Gasteiger partial charge in [0.1, 0.15) is 0 Å². The molecule has 0 radical (unpaired) electrons. The molecule has 0 fully saturated rings. The van der Waals surface area contributed by atoms with E-state index in [1.54, 1.807) is 0 Å². The number of rotatable bonds is 2. The fourth-order valence-electron chi connectivity index (χ4n) is 0.0769. The minimum Gasteiger partial charge on any atom is -0.344 e. The molecule has 4 N–H and O–H groups in total. The molecule has 0 bridgehead atoms. The van der Waals surface area contributed by atoms with Crippen LogP contribution in [0.5, 0.6) is 0 Å². The van der Waals surface area contributed by atoms with E-state index in [-0.39, 0.29) is 15.6 Å². The van der Waals surface area contributed by atoms with Crippen molar-refractivity contribution in [2.24, 2.45) is 0 Å². The van der Waals surface area contributed by atoms with Crippen molar-refractivity contribution < 1.29 is 31.7 Å². The van der Waals surface area contributed by atoms with Gasteiger partial charge in [0, 0.05) is 0 Å². The summed E-state index contributed by atoms with van der Waals surface area (Å²) < 4.78 is 28.9. The van der Waals surface area contributed by atoms with E-state index in [9.17, 15) is 8.42 Å². The van der Waals surface area contributed by atoms with Gasteiger partial charge in [-0.3, -0.25) is 14.0 Å². The summed E-state index contributed by atoms with van der Waals surface area (Å²) >= 11 is 0. The van der Waals surface area contributed by atoms with Crippen molar-refractivity contribution in [3.63, 3.8) is 0 Å². The van der Waals surface area contributed by atoms with Crippen LogP contribution in [0.1, 0.15) is 0 Å². The number of hydrogen-bond donors (Lipinski definition) is 2. The Morgan fingerprint density at radius 3 is 1.64 bits per heavy atom. The van der Waals surface area contributed by atoms with E-state index < -0.39 is 15.5 Å². The van der Waals surface area contributed by atoms with E-state index in [0.29, 0.717) is 0 Å². The zero-order chi connectivity index (χ0) is 6.78. The van der Waals surface area contributed by atoms with Crippen LogP contribution in [0.2, 0.25) is 0 Å². The standard InChI is InChI=1S/2FH.HNO6S.H3N/c;;2-1(3)7-8(4,5)6;/h2*1H;(H,4,5,6);1H3. The number of hydrogen-bond acceptors (Lipinski definition) is 6. The highest BCUT2D eigenvalue weighted by Gasteiger charge is 2.08. The molecule has 0 amide bonds. The molecule has 0 saturated heterocycles. The van der Waals surface area contributed by atoms with Crippen molar-refractivity contribution in [3.8, 4) is 0 Å². The first-order chi connectivity index (χ1) is 3.42. The quantitative estimate of drug-likeness (QED) is 0.346. The Bertz CT molecular complexity index is 185. The molecule has 0 aromatic heterocycles. The first-order valence-corrected chi connectivity index (χ1v) is 2.60. The zero-order valence-corrected chi connectivity index (χ0v) is 5.68. The minimum absolute atomic E-state index is 0. The Hall–Kier alpha value is -1.07. The molecule has 0 spiro atoms. The van der Waals surface area contributed by atoms with Gasteiger partial charge in [-0.1, -0.05) is 0 Å². The third-order valence-electron chi connectivity index (χ3n) is 0.155. The van der Waals surface area contributed by atoms with E-state index in [0.717, 1.165) is 0 Å². The maximum Gasteiger partial charge on any atom is 0.429 e. The summed E-state index contributed by atoms with van der Waals surface area (Å²) in [7, 11) is -4.92. The Labute approximate surface area is 59.5 Å². The highest BCUT2D eigenvalue weighted by atomic mass is 32.3.